The highest BCUT2D eigenvalue weighted by Gasteiger charge is 2.30. The van der Waals surface area contributed by atoms with Gasteiger partial charge in [-0.15, -0.1) is 5.10 Å². The average Bonchev–Trinajstić information content (AvgIpc) is 2.45. The largest absolute Gasteiger partial charge is 0.480 e. The van der Waals surface area contributed by atoms with Crippen molar-refractivity contribution in [1.82, 2.24) is 10.7 Å². The fourth-order valence-corrected chi connectivity index (χ4v) is 2.37. The molecule has 1 aliphatic heterocycles. The Labute approximate surface area is 118 Å². The summed E-state index contributed by atoms with van der Waals surface area (Å²) in [6.45, 7) is 0. The lowest BCUT2D eigenvalue weighted by Crippen LogP contribution is -2.41. The first-order valence-corrected chi connectivity index (χ1v) is 6.56. The Morgan fingerprint density at radius 2 is 2.05 bits per heavy atom. The summed E-state index contributed by atoms with van der Waals surface area (Å²) in [5.74, 6) is -1.97. The maximum atomic E-state index is 11.7. The van der Waals surface area contributed by atoms with Crippen molar-refractivity contribution < 1.29 is 19.5 Å². The van der Waals surface area contributed by atoms with E-state index in [1.54, 1.807) is 30.3 Å². The minimum atomic E-state index is -1.09. The molecule has 0 saturated carbocycles. The molecule has 2 amide bonds. The number of nitrogens with one attached hydrogen (secondary N) is 2. The topological polar surface area (TPSA) is 108 Å². The molecule has 1 aromatic carbocycles. The summed E-state index contributed by atoms with van der Waals surface area (Å²) in [7, 11) is 0. The van der Waals surface area contributed by atoms with Gasteiger partial charge in [-0.1, -0.05) is 30.0 Å². The van der Waals surface area contributed by atoms with Crippen LogP contribution in [0.4, 0.5) is 0 Å². The van der Waals surface area contributed by atoms with Crippen LogP contribution in [-0.4, -0.2) is 33.3 Å². The number of nitrogens with zero attached hydrogens (tertiary/aromatic N) is 1. The Morgan fingerprint density at radius 3 is 2.70 bits per heavy atom. The molecule has 7 nitrogen and oxygen atoms in total. The van der Waals surface area contributed by atoms with E-state index in [9.17, 15) is 14.4 Å². The molecule has 1 aliphatic rings. The minimum absolute atomic E-state index is 0.0675. The van der Waals surface area contributed by atoms with Crippen LogP contribution in [0.5, 0.6) is 0 Å². The van der Waals surface area contributed by atoms with Crippen molar-refractivity contribution in [3.05, 3.63) is 35.9 Å². The van der Waals surface area contributed by atoms with E-state index < -0.39 is 23.0 Å². The van der Waals surface area contributed by atoms with Crippen LogP contribution in [0, 0.1) is 0 Å². The van der Waals surface area contributed by atoms with Crippen LogP contribution in [0.1, 0.15) is 16.8 Å². The van der Waals surface area contributed by atoms with Gasteiger partial charge in [0.05, 0.1) is 0 Å². The van der Waals surface area contributed by atoms with Crippen LogP contribution in [0.15, 0.2) is 35.4 Å². The fourth-order valence-electron chi connectivity index (χ4n) is 1.49. The molecule has 3 N–H and O–H groups in total. The zero-order chi connectivity index (χ0) is 14.5. The summed E-state index contributed by atoms with van der Waals surface area (Å²) in [5.41, 5.74) is 2.68. The first-order valence-electron chi connectivity index (χ1n) is 5.68. The summed E-state index contributed by atoms with van der Waals surface area (Å²) < 4.78 is 0. The molecule has 104 valence electrons. The molecule has 1 heterocycles. The second-order valence-corrected chi connectivity index (χ2v) is 5.11. The van der Waals surface area contributed by atoms with Crippen LogP contribution >= 0.6 is 11.8 Å². The summed E-state index contributed by atoms with van der Waals surface area (Å²) in [5, 5.41) is 14.2. The zero-order valence-electron chi connectivity index (χ0n) is 10.2. The standard InChI is InChI=1S/C12H11N3O4S/c16-9-6-8(11(18)19)20-12(13-9)15-14-10(17)7-4-2-1-3-5-7/h1-5,8H,6H2,(H,14,17)(H,18,19)(H,13,15,16)/t8-/m1/s1. The molecule has 1 atom stereocenters. The maximum absolute atomic E-state index is 11.7. The summed E-state index contributed by atoms with van der Waals surface area (Å²) >= 11 is 0.884. The number of hydrogen-bond acceptors (Lipinski definition) is 5. The molecule has 2 rings (SSSR count). The fraction of sp³-hybridized carbons (Fsp3) is 0.167. The van der Waals surface area contributed by atoms with E-state index in [1.165, 1.54) is 0 Å². The van der Waals surface area contributed by atoms with Gasteiger partial charge in [-0.3, -0.25) is 14.4 Å². The summed E-state index contributed by atoms with van der Waals surface area (Å²) in [6.07, 6.45) is -0.119. The predicted molar refractivity (Wildman–Crippen MR) is 73.1 cm³/mol. The number of carbonyl (C=O) groups excluding carboxylic acids is 2. The number of thioether (sulfide) groups is 1. The first-order chi connectivity index (χ1) is 9.56. The van der Waals surface area contributed by atoms with Crippen molar-refractivity contribution >= 4 is 34.7 Å². The number of carbonyl (C=O) groups is 3. The number of rotatable bonds is 3. The maximum Gasteiger partial charge on any atom is 0.317 e. The van der Waals surface area contributed by atoms with Crippen molar-refractivity contribution in [1.29, 1.82) is 0 Å². The number of hydrazone groups is 1. The molecule has 0 aliphatic carbocycles. The Bertz CT molecular complexity index is 573. The molecule has 1 fully saturated rings. The highest BCUT2D eigenvalue weighted by Crippen LogP contribution is 2.20. The van der Waals surface area contributed by atoms with Gasteiger partial charge in [-0.05, 0) is 12.1 Å². The molecular weight excluding hydrogens is 282 g/mol. The lowest BCUT2D eigenvalue weighted by Gasteiger charge is -2.19. The number of aliphatic carboxylic acids is 1. The molecule has 20 heavy (non-hydrogen) atoms. The monoisotopic (exact) mass is 293 g/mol. The first kappa shape index (κ1) is 14.1. The Morgan fingerprint density at radius 1 is 1.35 bits per heavy atom. The van der Waals surface area contributed by atoms with Crippen LogP contribution < -0.4 is 10.7 Å². The van der Waals surface area contributed by atoms with E-state index in [4.69, 9.17) is 5.11 Å². The Hall–Kier alpha value is -2.35. The normalized spacial score (nSPS) is 20.3. The minimum Gasteiger partial charge on any atom is -0.480 e. The third-order valence-electron chi connectivity index (χ3n) is 2.44. The van der Waals surface area contributed by atoms with Crippen LogP contribution in [0.2, 0.25) is 0 Å². The third kappa shape index (κ3) is 3.58. The molecule has 8 heteroatoms. The highest BCUT2D eigenvalue weighted by atomic mass is 32.2. The van der Waals surface area contributed by atoms with E-state index in [2.05, 4.69) is 15.8 Å². The van der Waals surface area contributed by atoms with Crippen molar-refractivity contribution in [3.63, 3.8) is 0 Å². The van der Waals surface area contributed by atoms with E-state index >= 15 is 0 Å². The van der Waals surface area contributed by atoms with Gasteiger partial charge in [-0.25, -0.2) is 5.43 Å². The lowest BCUT2D eigenvalue weighted by atomic mass is 10.2. The van der Waals surface area contributed by atoms with E-state index in [-0.39, 0.29) is 11.6 Å². The van der Waals surface area contributed by atoms with Crippen molar-refractivity contribution in [3.8, 4) is 0 Å². The Balaban J connectivity index is 2.02. The zero-order valence-corrected chi connectivity index (χ0v) is 11.0. The molecule has 0 bridgehead atoms. The average molecular weight is 293 g/mol. The molecule has 0 aromatic heterocycles. The van der Waals surface area contributed by atoms with Gasteiger partial charge in [-0.2, -0.15) is 0 Å². The van der Waals surface area contributed by atoms with Gasteiger partial charge >= 0.3 is 5.97 Å². The molecule has 0 spiro atoms. The summed E-state index contributed by atoms with van der Waals surface area (Å²) in [6, 6.07) is 8.42. The molecular formula is C12H11N3O4S. The van der Waals surface area contributed by atoms with Gasteiger partial charge in [0.2, 0.25) is 5.91 Å². The SMILES string of the molecule is O=C1C[C@H](C(=O)O)SC(=NNC(=O)c2ccccc2)N1. The lowest BCUT2D eigenvalue weighted by molar-refractivity contribution is -0.138. The number of carboxylic acids is 1. The summed E-state index contributed by atoms with van der Waals surface area (Å²) in [4.78, 5) is 33.9. The number of carboxylic acid groups (broad SMARTS) is 1. The van der Waals surface area contributed by atoms with Crippen molar-refractivity contribution in [2.24, 2.45) is 5.10 Å². The van der Waals surface area contributed by atoms with E-state index in [0.29, 0.717) is 5.56 Å². The number of benzene rings is 1. The number of hydrogen-bond donors (Lipinski definition) is 3. The number of amides is 2. The second-order valence-electron chi connectivity index (χ2n) is 3.92. The molecule has 0 radical (unpaired) electrons. The number of amidine groups is 1. The smallest absolute Gasteiger partial charge is 0.317 e. The van der Waals surface area contributed by atoms with Crippen molar-refractivity contribution in [2.45, 2.75) is 11.7 Å². The van der Waals surface area contributed by atoms with E-state index in [1.807, 2.05) is 0 Å². The van der Waals surface area contributed by atoms with Crippen LogP contribution in [0.3, 0.4) is 0 Å². The van der Waals surface area contributed by atoms with Gasteiger partial charge in [0.25, 0.3) is 5.91 Å². The Kier molecular flexibility index (Phi) is 4.36. The van der Waals surface area contributed by atoms with E-state index in [0.717, 1.165) is 11.8 Å². The molecule has 1 aromatic rings. The van der Waals surface area contributed by atoms with Gasteiger partial charge in [0, 0.05) is 12.0 Å². The molecule has 0 unspecified atom stereocenters. The highest BCUT2D eigenvalue weighted by molar-refractivity contribution is 8.15. The van der Waals surface area contributed by atoms with Gasteiger partial charge in [0.1, 0.15) is 5.25 Å². The predicted octanol–water partition coefficient (Wildman–Crippen LogP) is 0.394. The molecule has 1 saturated heterocycles. The van der Waals surface area contributed by atoms with Gasteiger partial charge in [0.15, 0.2) is 5.17 Å². The van der Waals surface area contributed by atoms with Crippen LogP contribution in [-0.2, 0) is 9.59 Å². The van der Waals surface area contributed by atoms with Crippen molar-refractivity contribution in [2.75, 3.05) is 0 Å². The quantitative estimate of drug-likeness (QED) is 0.699. The third-order valence-corrected chi connectivity index (χ3v) is 3.51. The van der Waals surface area contributed by atoms with Gasteiger partial charge < -0.3 is 10.4 Å². The second kappa shape index (κ2) is 6.20. The van der Waals surface area contributed by atoms with Crippen LogP contribution in [0.25, 0.3) is 0 Å².